The molecule has 1 aromatic carbocycles. The van der Waals surface area contributed by atoms with E-state index in [1.807, 2.05) is 0 Å². The Morgan fingerprint density at radius 2 is 1.75 bits per heavy atom. The van der Waals surface area contributed by atoms with Gasteiger partial charge < -0.3 is 4.74 Å². The Morgan fingerprint density at radius 1 is 1.00 bits per heavy atom. The minimum atomic E-state index is 0.318. The number of ether oxygens (including phenoxy) is 1. The third kappa shape index (κ3) is 1.43. The van der Waals surface area contributed by atoms with Crippen LogP contribution in [-0.2, 0) is 11.2 Å². The van der Waals surface area contributed by atoms with Crippen LogP contribution in [0.25, 0.3) is 0 Å². The fourth-order valence-electron chi connectivity index (χ4n) is 6.29. The molecule has 4 fully saturated rings. The lowest BCUT2D eigenvalue weighted by atomic mass is 9.80. The molecular weight excluding hydrogens is 244 g/mol. The number of benzene rings is 1. The average Bonchev–Trinajstić information content (AvgIpc) is 2.84. The molecule has 0 aromatic heterocycles. The summed E-state index contributed by atoms with van der Waals surface area (Å²) in [6, 6.07) is 11.1. The second-order valence-corrected chi connectivity index (χ2v) is 7.62. The SMILES string of the molecule is c1ccc(CC2CCCOC23[C@@H]2[C@H]4CC[C@H](C4)[C@@H]23)cc1. The summed E-state index contributed by atoms with van der Waals surface area (Å²) >= 11 is 0. The van der Waals surface area contributed by atoms with Gasteiger partial charge in [0.1, 0.15) is 0 Å². The van der Waals surface area contributed by atoms with Gasteiger partial charge in [0, 0.05) is 6.61 Å². The molecule has 20 heavy (non-hydrogen) atoms. The molecule has 5 rings (SSSR count). The zero-order valence-corrected chi connectivity index (χ0v) is 12.1. The summed E-state index contributed by atoms with van der Waals surface area (Å²) in [6.45, 7) is 1.03. The molecule has 6 atom stereocenters. The van der Waals surface area contributed by atoms with Gasteiger partial charge in [-0.2, -0.15) is 0 Å². The van der Waals surface area contributed by atoms with Crippen molar-refractivity contribution in [2.45, 2.75) is 44.1 Å². The van der Waals surface area contributed by atoms with E-state index in [1.165, 1.54) is 44.1 Å². The number of hydrogen-bond donors (Lipinski definition) is 0. The van der Waals surface area contributed by atoms with E-state index in [4.69, 9.17) is 4.74 Å². The highest BCUT2D eigenvalue weighted by Gasteiger charge is 2.78. The van der Waals surface area contributed by atoms with Crippen LogP contribution in [0.15, 0.2) is 30.3 Å². The summed E-state index contributed by atoms with van der Waals surface area (Å²) in [7, 11) is 0. The Morgan fingerprint density at radius 3 is 2.50 bits per heavy atom. The van der Waals surface area contributed by atoms with E-state index in [1.54, 1.807) is 0 Å². The van der Waals surface area contributed by atoms with Crippen LogP contribution in [0.2, 0.25) is 0 Å². The summed E-state index contributed by atoms with van der Waals surface area (Å²) in [5.41, 5.74) is 1.83. The van der Waals surface area contributed by atoms with Gasteiger partial charge in [0.05, 0.1) is 5.60 Å². The number of hydrogen-bond acceptors (Lipinski definition) is 1. The van der Waals surface area contributed by atoms with Crippen molar-refractivity contribution in [1.29, 1.82) is 0 Å². The average molecular weight is 268 g/mol. The predicted molar refractivity (Wildman–Crippen MR) is 79.4 cm³/mol. The van der Waals surface area contributed by atoms with Crippen LogP contribution in [-0.4, -0.2) is 12.2 Å². The van der Waals surface area contributed by atoms with Crippen molar-refractivity contribution in [3.8, 4) is 0 Å². The fraction of sp³-hybridized carbons (Fsp3) is 0.684. The lowest BCUT2D eigenvalue weighted by Crippen LogP contribution is -2.38. The topological polar surface area (TPSA) is 9.23 Å². The molecular formula is C19H24O. The van der Waals surface area contributed by atoms with E-state index in [9.17, 15) is 0 Å². The fourth-order valence-corrected chi connectivity index (χ4v) is 6.29. The van der Waals surface area contributed by atoms with Gasteiger partial charge in [-0.25, -0.2) is 0 Å². The third-order valence-electron chi connectivity index (χ3n) is 6.86. The second kappa shape index (κ2) is 4.10. The molecule has 0 radical (unpaired) electrons. The van der Waals surface area contributed by atoms with Crippen LogP contribution in [0, 0.1) is 29.6 Å². The van der Waals surface area contributed by atoms with Crippen molar-refractivity contribution in [2.75, 3.05) is 6.61 Å². The van der Waals surface area contributed by atoms with E-state index < -0.39 is 0 Å². The van der Waals surface area contributed by atoms with Gasteiger partial charge in [0.25, 0.3) is 0 Å². The van der Waals surface area contributed by atoms with Crippen LogP contribution in [0.3, 0.4) is 0 Å². The van der Waals surface area contributed by atoms with Crippen LogP contribution in [0.4, 0.5) is 0 Å². The minimum Gasteiger partial charge on any atom is -0.374 e. The Kier molecular flexibility index (Phi) is 2.42. The number of fused-ring (bicyclic) bond motifs is 7. The molecule has 1 aliphatic heterocycles. The lowest BCUT2D eigenvalue weighted by Gasteiger charge is -2.36. The number of rotatable bonds is 2. The second-order valence-electron chi connectivity index (χ2n) is 7.62. The van der Waals surface area contributed by atoms with Crippen molar-refractivity contribution < 1.29 is 4.74 Å². The molecule has 2 unspecified atom stereocenters. The van der Waals surface area contributed by atoms with Gasteiger partial charge in [0.15, 0.2) is 0 Å². The molecule has 3 saturated carbocycles. The van der Waals surface area contributed by atoms with E-state index in [0.29, 0.717) is 5.60 Å². The predicted octanol–water partition coefficient (Wildman–Crippen LogP) is 4.07. The first-order valence-electron chi connectivity index (χ1n) is 8.57. The summed E-state index contributed by atoms with van der Waals surface area (Å²) in [4.78, 5) is 0. The van der Waals surface area contributed by atoms with E-state index in [2.05, 4.69) is 30.3 Å². The van der Waals surface area contributed by atoms with E-state index >= 15 is 0 Å². The van der Waals surface area contributed by atoms with Crippen LogP contribution in [0.1, 0.15) is 37.7 Å². The van der Waals surface area contributed by atoms with Crippen molar-refractivity contribution in [2.24, 2.45) is 29.6 Å². The Balaban J connectivity index is 1.43. The first-order chi connectivity index (χ1) is 9.89. The minimum absolute atomic E-state index is 0.318. The van der Waals surface area contributed by atoms with Gasteiger partial charge in [-0.05, 0) is 73.7 Å². The van der Waals surface area contributed by atoms with Crippen LogP contribution < -0.4 is 0 Å². The van der Waals surface area contributed by atoms with Gasteiger partial charge in [-0.3, -0.25) is 0 Å². The summed E-state index contributed by atoms with van der Waals surface area (Å²) in [6.07, 6.45) is 8.42. The van der Waals surface area contributed by atoms with Crippen molar-refractivity contribution in [3.05, 3.63) is 35.9 Å². The lowest BCUT2D eigenvalue weighted by molar-refractivity contribution is -0.0785. The first-order valence-corrected chi connectivity index (χ1v) is 8.57. The highest BCUT2D eigenvalue weighted by Crippen LogP contribution is 2.76. The summed E-state index contributed by atoms with van der Waals surface area (Å²) < 4.78 is 6.51. The molecule has 1 spiro atoms. The zero-order valence-electron chi connectivity index (χ0n) is 12.1. The molecule has 0 amide bonds. The maximum atomic E-state index is 6.51. The molecule has 2 bridgehead atoms. The molecule has 0 N–H and O–H groups in total. The highest BCUT2D eigenvalue weighted by molar-refractivity contribution is 5.28. The van der Waals surface area contributed by atoms with Gasteiger partial charge in [0.2, 0.25) is 0 Å². The van der Waals surface area contributed by atoms with Gasteiger partial charge >= 0.3 is 0 Å². The molecule has 106 valence electrons. The molecule has 1 aromatic rings. The van der Waals surface area contributed by atoms with Gasteiger partial charge in [-0.1, -0.05) is 30.3 Å². The van der Waals surface area contributed by atoms with Crippen LogP contribution >= 0.6 is 0 Å². The summed E-state index contributed by atoms with van der Waals surface area (Å²) in [5, 5.41) is 0. The molecule has 1 nitrogen and oxygen atoms in total. The van der Waals surface area contributed by atoms with Gasteiger partial charge in [-0.15, -0.1) is 0 Å². The quantitative estimate of drug-likeness (QED) is 0.785. The highest BCUT2D eigenvalue weighted by atomic mass is 16.5. The largest absolute Gasteiger partial charge is 0.374 e. The maximum Gasteiger partial charge on any atom is 0.0782 e. The molecule has 1 heterocycles. The standard InChI is InChI=1S/C19H24O/c1-2-5-13(6-3-1)11-16-7-4-10-20-19(16)17-14-8-9-15(12-14)18(17)19/h1-3,5-6,14-18H,4,7-12H2/t14-,15+,16?,17+,18-,19?. The van der Waals surface area contributed by atoms with Crippen molar-refractivity contribution >= 4 is 0 Å². The Labute approximate surface area is 121 Å². The smallest absolute Gasteiger partial charge is 0.0782 e. The summed E-state index contributed by atoms with van der Waals surface area (Å²) in [5.74, 6) is 4.70. The zero-order chi connectivity index (χ0) is 13.2. The monoisotopic (exact) mass is 268 g/mol. The molecule has 3 aliphatic carbocycles. The van der Waals surface area contributed by atoms with Crippen molar-refractivity contribution in [3.63, 3.8) is 0 Å². The Hall–Kier alpha value is -0.820. The first kappa shape index (κ1) is 11.8. The molecule has 4 aliphatic rings. The molecule has 1 saturated heterocycles. The maximum absolute atomic E-state index is 6.51. The molecule has 1 heteroatoms. The normalized spacial score (nSPS) is 48.5. The van der Waals surface area contributed by atoms with Crippen LogP contribution in [0.5, 0.6) is 0 Å². The third-order valence-corrected chi connectivity index (χ3v) is 6.86. The Bertz CT molecular complexity index is 492. The van der Waals surface area contributed by atoms with E-state index in [-0.39, 0.29) is 0 Å². The van der Waals surface area contributed by atoms with Crippen molar-refractivity contribution in [1.82, 2.24) is 0 Å². The van der Waals surface area contributed by atoms with E-state index in [0.717, 1.165) is 36.2 Å².